The summed E-state index contributed by atoms with van der Waals surface area (Å²) >= 11 is 0. The summed E-state index contributed by atoms with van der Waals surface area (Å²) in [5.41, 5.74) is -0.635. The van der Waals surface area contributed by atoms with Crippen molar-refractivity contribution >= 4 is 0 Å². The van der Waals surface area contributed by atoms with Gasteiger partial charge in [-0.2, -0.15) is 0 Å². The Morgan fingerprint density at radius 1 is 1.11 bits per heavy atom. The van der Waals surface area contributed by atoms with E-state index in [9.17, 15) is 5.11 Å². The van der Waals surface area contributed by atoms with Gasteiger partial charge >= 0.3 is 0 Å². The summed E-state index contributed by atoms with van der Waals surface area (Å²) in [7, 11) is 0. The minimum absolute atomic E-state index is 0.102. The summed E-state index contributed by atoms with van der Waals surface area (Å²) in [6, 6.07) is 0. The van der Waals surface area contributed by atoms with Crippen LogP contribution in [0.5, 0.6) is 0 Å². The molecule has 3 rings (SSSR count). The predicted octanol–water partition coefficient (Wildman–Crippen LogP) is 2.46. The lowest BCUT2D eigenvalue weighted by Crippen LogP contribution is -2.51. The molecule has 2 bridgehead atoms. The number of hydrogen-bond acceptors (Lipinski definition) is 4. The fourth-order valence-corrected chi connectivity index (χ4v) is 5.20. The smallest absolute Gasteiger partial charge is 0.196 e. The summed E-state index contributed by atoms with van der Waals surface area (Å²) < 4.78 is 5.34. The summed E-state index contributed by atoms with van der Waals surface area (Å²) in [5, 5.41) is 11.3. The first-order valence-electron chi connectivity index (χ1n) is 6.92. The van der Waals surface area contributed by atoms with E-state index in [1.54, 1.807) is 0 Å². The van der Waals surface area contributed by atoms with E-state index in [0.29, 0.717) is 18.3 Å². The van der Waals surface area contributed by atoms with Crippen molar-refractivity contribution in [2.45, 2.75) is 58.8 Å². The van der Waals surface area contributed by atoms with Gasteiger partial charge in [0.1, 0.15) is 0 Å². The zero-order chi connectivity index (χ0) is 13.2. The number of ether oxygens (including phenoxy) is 1. The van der Waals surface area contributed by atoms with Crippen LogP contribution in [-0.2, 0) is 14.5 Å². The quantitative estimate of drug-likeness (QED) is 0.771. The molecule has 1 N–H and O–H groups in total. The molecule has 18 heavy (non-hydrogen) atoms. The molecule has 2 aliphatic carbocycles. The maximum Gasteiger partial charge on any atom is 0.196 e. The molecule has 0 amide bonds. The van der Waals surface area contributed by atoms with Gasteiger partial charge in [-0.3, -0.25) is 0 Å². The number of rotatable bonds is 2. The zero-order valence-corrected chi connectivity index (χ0v) is 11.7. The predicted molar refractivity (Wildman–Crippen MR) is 65.3 cm³/mol. The molecule has 4 nitrogen and oxygen atoms in total. The second kappa shape index (κ2) is 3.69. The Morgan fingerprint density at radius 3 is 2.28 bits per heavy atom. The molecule has 4 atom stereocenters. The Bertz CT molecular complexity index is 346. The minimum atomic E-state index is -0.724. The van der Waals surface area contributed by atoms with Crippen LogP contribution in [-0.4, -0.2) is 23.8 Å². The summed E-state index contributed by atoms with van der Waals surface area (Å²) in [5.74, 6) is 0.875. The first-order valence-corrected chi connectivity index (χ1v) is 6.92. The third-order valence-corrected chi connectivity index (χ3v) is 6.06. The summed E-state index contributed by atoms with van der Waals surface area (Å²) in [6.07, 6.45) is 2.40. The van der Waals surface area contributed by atoms with E-state index in [2.05, 4.69) is 27.7 Å². The van der Waals surface area contributed by atoms with Gasteiger partial charge in [0.05, 0.1) is 5.60 Å². The maximum atomic E-state index is 11.3. The average Bonchev–Trinajstić information content (AvgIpc) is 2.85. The number of hydrogen-bond donors (Lipinski definition) is 1. The Hall–Kier alpha value is -0.160. The fourth-order valence-electron chi connectivity index (χ4n) is 5.20. The molecule has 2 saturated carbocycles. The first kappa shape index (κ1) is 12.9. The lowest BCUT2D eigenvalue weighted by molar-refractivity contribution is -0.290. The van der Waals surface area contributed by atoms with E-state index in [-0.39, 0.29) is 17.6 Å². The number of fused-ring (bicyclic) bond motifs is 2. The Balaban J connectivity index is 1.90. The van der Waals surface area contributed by atoms with Crippen molar-refractivity contribution in [3.8, 4) is 0 Å². The van der Waals surface area contributed by atoms with Gasteiger partial charge in [-0.1, -0.05) is 27.7 Å². The second-order valence-electron chi connectivity index (χ2n) is 7.28. The third-order valence-electron chi connectivity index (χ3n) is 6.06. The fraction of sp³-hybridized carbons (Fsp3) is 1.00. The van der Waals surface area contributed by atoms with Crippen LogP contribution >= 0.6 is 0 Å². The monoisotopic (exact) mass is 256 g/mol. The molecule has 0 radical (unpaired) electrons. The van der Waals surface area contributed by atoms with E-state index in [4.69, 9.17) is 14.5 Å². The topological polar surface area (TPSA) is 47.9 Å². The first-order chi connectivity index (χ1) is 8.30. The van der Waals surface area contributed by atoms with Crippen molar-refractivity contribution < 1.29 is 19.6 Å². The molecule has 1 saturated heterocycles. The van der Waals surface area contributed by atoms with E-state index in [1.807, 2.05) is 0 Å². The normalized spacial score (nSPS) is 48.8. The van der Waals surface area contributed by atoms with Crippen LogP contribution in [0, 0.1) is 22.7 Å². The highest BCUT2D eigenvalue weighted by molar-refractivity contribution is 5.19. The maximum absolute atomic E-state index is 11.3. The van der Waals surface area contributed by atoms with Gasteiger partial charge < -0.3 is 9.84 Å². The molecule has 0 aromatic heterocycles. The number of aliphatic hydroxyl groups is 1. The average molecular weight is 256 g/mol. The minimum Gasteiger partial charge on any atom is -0.389 e. The van der Waals surface area contributed by atoms with Crippen molar-refractivity contribution in [1.82, 2.24) is 0 Å². The van der Waals surface area contributed by atoms with Crippen LogP contribution in [0.15, 0.2) is 0 Å². The van der Waals surface area contributed by atoms with Gasteiger partial charge in [0.15, 0.2) is 13.1 Å². The van der Waals surface area contributed by atoms with Gasteiger partial charge in [-0.15, -0.1) is 0 Å². The van der Waals surface area contributed by atoms with Gasteiger partial charge in [0.25, 0.3) is 0 Å². The van der Waals surface area contributed by atoms with Crippen molar-refractivity contribution in [2.24, 2.45) is 22.7 Å². The van der Waals surface area contributed by atoms with Crippen LogP contribution in [0.2, 0.25) is 0 Å². The van der Waals surface area contributed by atoms with E-state index < -0.39 is 11.9 Å². The highest BCUT2D eigenvalue weighted by Crippen LogP contribution is 2.71. The Morgan fingerprint density at radius 2 is 1.78 bits per heavy atom. The molecular weight excluding hydrogens is 232 g/mol. The highest BCUT2D eigenvalue weighted by atomic mass is 17.3. The van der Waals surface area contributed by atoms with E-state index in [0.717, 1.165) is 6.42 Å². The van der Waals surface area contributed by atoms with Gasteiger partial charge in [0, 0.05) is 6.42 Å². The molecule has 4 heteroatoms. The van der Waals surface area contributed by atoms with Crippen molar-refractivity contribution in [2.75, 3.05) is 6.79 Å². The molecule has 0 spiro atoms. The largest absolute Gasteiger partial charge is 0.389 e. The van der Waals surface area contributed by atoms with E-state index >= 15 is 0 Å². The third kappa shape index (κ3) is 1.40. The van der Waals surface area contributed by atoms with Crippen LogP contribution in [0.25, 0.3) is 0 Å². The lowest BCUT2D eigenvalue weighted by atomic mass is 9.64. The Kier molecular flexibility index (Phi) is 2.63. The molecule has 3 fully saturated rings. The lowest BCUT2D eigenvalue weighted by Gasteiger charge is -2.46. The SMILES string of the molecule is CC1(C)[C@H]2CC[C@@H]1C(C)(C)[C@@]2(O)CC1OCOO1. The second-order valence-corrected chi connectivity index (χ2v) is 7.28. The van der Waals surface area contributed by atoms with Gasteiger partial charge in [-0.05, 0) is 35.5 Å². The van der Waals surface area contributed by atoms with Crippen molar-refractivity contribution in [1.29, 1.82) is 0 Å². The van der Waals surface area contributed by atoms with Crippen molar-refractivity contribution in [3.63, 3.8) is 0 Å². The standard InChI is InChI=1S/C14H24O4/c1-12(2)9-5-6-10(12)14(15,13(9,3)4)7-11-16-8-17-18-11/h9-11,15H,5-8H2,1-4H3/t9-,10+,11?,14+/m0/s1. The zero-order valence-electron chi connectivity index (χ0n) is 11.7. The molecule has 104 valence electrons. The van der Waals surface area contributed by atoms with Crippen molar-refractivity contribution in [3.05, 3.63) is 0 Å². The molecule has 1 aliphatic heterocycles. The van der Waals surface area contributed by atoms with E-state index in [1.165, 1.54) is 6.42 Å². The summed E-state index contributed by atoms with van der Waals surface area (Å²) in [6.45, 7) is 9.13. The highest BCUT2D eigenvalue weighted by Gasteiger charge is 2.70. The summed E-state index contributed by atoms with van der Waals surface area (Å²) in [4.78, 5) is 9.85. The van der Waals surface area contributed by atoms with Crippen LogP contribution in [0.4, 0.5) is 0 Å². The molecule has 0 aromatic carbocycles. The van der Waals surface area contributed by atoms with Crippen LogP contribution < -0.4 is 0 Å². The molecular formula is C14H24O4. The molecule has 3 aliphatic rings. The molecule has 0 aromatic rings. The van der Waals surface area contributed by atoms with Crippen LogP contribution in [0.1, 0.15) is 47.0 Å². The van der Waals surface area contributed by atoms with Gasteiger partial charge in [-0.25, -0.2) is 9.78 Å². The Labute approximate surface area is 109 Å². The van der Waals surface area contributed by atoms with Crippen LogP contribution in [0.3, 0.4) is 0 Å². The molecule has 1 heterocycles. The molecule has 1 unspecified atom stereocenters. The van der Waals surface area contributed by atoms with Gasteiger partial charge in [0.2, 0.25) is 0 Å².